The SMILES string of the molecule is O=C(O)CNc1c(C(=O)Nc2ccccc2)oc2ccccc12. The third-order valence-corrected chi connectivity index (χ3v) is 3.25. The number of anilines is 2. The molecule has 0 aliphatic heterocycles. The van der Waals surface area contributed by atoms with Crippen LogP contribution in [0.25, 0.3) is 11.0 Å². The van der Waals surface area contributed by atoms with Crippen molar-refractivity contribution >= 4 is 34.2 Å². The van der Waals surface area contributed by atoms with Crippen LogP contribution in [-0.4, -0.2) is 23.5 Å². The summed E-state index contributed by atoms with van der Waals surface area (Å²) in [5.41, 5.74) is 1.51. The summed E-state index contributed by atoms with van der Waals surface area (Å²) in [5.74, 6) is -1.42. The largest absolute Gasteiger partial charge is 0.480 e. The second-order valence-electron chi connectivity index (χ2n) is 4.87. The molecule has 3 aromatic rings. The maximum Gasteiger partial charge on any atom is 0.322 e. The summed E-state index contributed by atoms with van der Waals surface area (Å²) < 4.78 is 5.60. The smallest absolute Gasteiger partial charge is 0.322 e. The van der Waals surface area contributed by atoms with Gasteiger partial charge in [0, 0.05) is 11.1 Å². The highest BCUT2D eigenvalue weighted by atomic mass is 16.4. The number of nitrogens with one attached hydrogen (secondary N) is 2. The van der Waals surface area contributed by atoms with Gasteiger partial charge in [-0.25, -0.2) is 0 Å². The predicted octanol–water partition coefficient (Wildman–Crippen LogP) is 3.18. The molecule has 116 valence electrons. The van der Waals surface area contributed by atoms with Crippen LogP contribution in [0.1, 0.15) is 10.6 Å². The lowest BCUT2D eigenvalue weighted by Gasteiger charge is -2.06. The van der Waals surface area contributed by atoms with Crippen LogP contribution in [0.15, 0.2) is 59.0 Å². The van der Waals surface area contributed by atoms with Crippen molar-refractivity contribution in [3.05, 3.63) is 60.4 Å². The Labute approximate surface area is 131 Å². The lowest BCUT2D eigenvalue weighted by molar-refractivity contribution is -0.134. The van der Waals surface area contributed by atoms with Gasteiger partial charge in [-0.2, -0.15) is 0 Å². The molecule has 0 saturated heterocycles. The van der Waals surface area contributed by atoms with Gasteiger partial charge < -0.3 is 20.2 Å². The molecule has 23 heavy (non-hydrogen) atoms. The number of aliphatic carboxylic acids is 1. The van der Waals surface area contributed by atoms with Gasteiger partial charge >= 0.3 is 5.97 Å². The maximum atomic E-state index is 12.5. The van der Waals surface area contributed by atoms with E-state index in [1.54, 1.807) is 48.5 Å². The number of hydrogen-bond donors (Lipinski definition) is 3. The van der Waals surface area contributed by atoms with Crippen LogP contribution in [0, 0.1) is 0 Å². The molecule has 0 aliphatic rings. The Morgan fingerprint density at radius 2 is 1.70 bits per heavy atom. The van der Waals surface area contributed by atoms with Crippen LogP contribution in [0.5, 0.6) is 0 Å². The first-order valence-electron chi connectivity index (χ1n) is 6.99. The molecule has 0 atom stereocenters. The standard InChI is InChI=1S/C17H14N2O4/c20-14(21)10-18-15-12-8-4-5-9-13(12)23-16(15)17(22)19-11-6-2-1-3-7-11/h1-9,18H,10H2,(H,19,22)(H,20,21). The van der Waals surface area contributed by atoms with E-state index in [1.807, 2.05) is 6.07 Å². The molecule has 1 aromatic heterocycles. The number of furan rings is 1. The van der Waals surface area contributed by atoms with E-state index in [0.717, 1.165) is 0 Å². The van der Waals surface area contributed by atoms with E-state index in [9.17, 15) is 9.59 Å². The van der Waals surface area contributed by atoms with Crippen molar-refractivity contribution in [2.45, 2.75) is 0 Å². The highest BCUT2D eigenvalue weighted by Crippen LogP contribution is 2.31. The van der Waals surface area contributed by atoms with E-state index in [1.165, 1.54) is 0 Å². The van der Waals surface area contributed by atoms with Gasteiger partial charge in [-0.3, -0.25) is 9.59 Å². The Morgan fingerprint density at radius 1 is 1.00 bits per heavy atom. The number of hydrogen-bond acceptors (Lipinski definition) is 4. The van der Waals surface area contributed by atoms with Crippen LogP contribution < -0.4 is 10.6 Å². The van der Waals surface area contributed by atoms with Gasteiger partial charge in [0.15, 0.2) is 0 Å². The quantitative estimate of drug-likeness (QED) is 0.673. The number of amides is 1. The van der Waals surface area contributed by atoms with Gasteiger partial charge in [0.1, 0.15) is 12.1 Å². The zero-order valence-electron chi connectivity index (χ0n) is 12.1. The first-order chi connectivity index (χ1) is 11.1. The van der Waals surface area contributed by atoms with E-state index >= 15 is 0 Å². The van der Waals surface area contributed by atoms with Gasteiger partial charge in [0.05, 0.1) is 5.69 Å². The summed E-state index contributed by atoms with van der Waals surface area (Å²) in [6.45, 7) is -0.310. The molecule has 0 aliphatic carbocycles. The van der Waals surface area contributed by atoms with Gasteiger partial charge in [-0.05, 0) is 24.3 Å². The summed E-state index contributed by atoms with van der Waals surface area (Å²) in [5, 5.41) is 15.0. The molecule has 0 spiro atoms. The van der Waals surface area contributed by atoms with E-state index in [2.05, 4.69) is 10.6 Å². The van der Waals surface area contributed by atoms with Gasteiger partial charge in [0.25, 0.3) is 5.91 Å². The van der Waals surface area contributed by atoms with Crippen molar-refractivity contribution in [3.63, 3.8) is 0 Å². The molecular weight excluding hydrogens is 296 g/mol. The Kier molecular flexibility index (Phi) is 3.97. The first kappa shape index (κ1) is 14.6. The number of carboxylic acid groups (broad SMARTS) is 1. The number of benzene rings is 2. The maximum absolute atomic E-state index is 12.5. The molecule has 3 rings (SSSR count). The summed E-state index contributed by atoms with van der Waals surface area (Å²) in [4.78, 5) is 23.3. The monoisotopic (exact) mass is 310 g/mol. The Bertz CT molecular complexity index is 855. The summed E-state index contributed by atoms with van der Waals surface area (Å²) in [6, 6.07) is 16.0. The van der Waals surface area contributed by atoms with Crippen molar-refractivity contribution in [2.75, 3.05) is 17.2 Å². The fraction of sp³-hybridized carbons (Fsp3) is 0.0588. The molecule has 0 saturated carbocycles. The summed E-state index contributed by atoms with van der Waals surface area (Å²) in [7, 11) is 0. The van der Waals surface area contributed by atoms with Crippen molar-refractivity contribution in [1.29, 1.82) is 0 Å². The molecule has 6 heteroatoms. The van der Waals surface area contributed by atoms with E-state index in [4.69, 9.17) is 9.52 Å². The van der Waals surface area contributed by atoms with E-state index in [0.29, 0.717) is 22.3 Å². The zero-order valence-corrected chi connectivity index (χ0v) is 12.1. The molecule has 1 heterocycles. The summed E-state index contributed by atoms with van der Waals surface area (Å²) >= 11 is 0. The first-order valence-corrected chi connectivity index (χ1v) is 6.99. The summed E-state index contributed by atoms with van der Waals surface area (Å²) in [6.07, 6.45) is 0. The minimum absolute atomic E-state index is 0.0521. The second-order valence-corrected chi connectivity index (χ2v) is 4.87. The van der Waals surface area contributed by atoms with Crippen molar-refractivity contribution < 1.29 is 19.1 Å². The van der Waals surface area contributed by atoms with Crippen LogP contribution in [0.4, 0.5) is 11.4 Å². The van der Waals surface area contributed by atoms with Crippen molar-refractivity contribution in [2.24, 2.45) is 0 Å². The van der Waals surface area contributed by atoms with Crippen LogP contribution in [0.3, 0.4) is 0 Å². The van der Waals surface area contributed by atoms with Gasteiger partial charge in [-0.15, -0.1) is 0 Å². The third-order valence-electron chi connectivity index (χ3n) is 3.25. The minimum Gasteiger partial charge on any atom is -0.480 e. The Hall–Kier alpha value is -3.28. The lowest BCUT2D eigenvalue weighted by Crippen LogP contribution is -2.17. The molecule has 0 fully saturated rings. The second kappa shape index (κ2) is 6.23. The zero-order chi connectivity index (χ0) is 16.2. The average molecular weight is 310 g/mol. The molecule has 0 unspecified atom stereocenters. The molecule has 0 bridgehead atoms. The van der Waals surface area contributed by atoms with Crippen LogP contribution >= 0.6 is 0 Å². The molecular formula is C17H14N2O4. The minimum atomic E-state index is -1.02. The topological polar surface area (TPSA) is 91.6 Å². The fourth-order valence-electron chi connectivity index (χ4n) is 2.25. The van der Waals surface area contributed by atoms with E-state index in [-0.39, 0.29) is 12.3 Å². The van der Waals surface area contributed by atoms with Crippen molar-refractivity contribution in [3.8, 4) is 0 Å². The highest BCUT2D eigenvalue weighted by molar-refractivity contribution is 6.11. The fourth-order valence-corrected chi connectivity index (χ4v) is 2.25. The van der Waals surface area contributed by atoms with Crippen molar-refractivity contribution in [1.82, 2.24) is 0 Å². The Morgan fingerprint density at radius 3 is 2.43 bits per heavy atom. The van der Waals surface area contributed by atoms with Gasteiger partial charge in [0.2, 0.25) is 5.76 Å². The third kappa shape index (κ3) is 3.16. The van der Waals surface area contributed by atoms with Crippen LogP contribution in [0.2, 0.25) is 0 Å². The Balaban J connectivity index is 1.96. The molecule has 1 amide bonds. The van der Waals surface area contributed by atoms with Crippen LogP contribution in [-0.2, 0) is 4.79 Å². The molecule has 2 aromatic carbocycles. The lowest BCUT2D eigenvalue weighted by atomic mass is 10.2. The number of rotatable bonds is 5. The molecule has 0 radical (unpaired) electrons. The number of fused-ring (bicyclic) bond motifs is 1. The number of carbonyl (C=O) groups excluding carboxylic acids is 1. The highest BCUT2D eigenvalue weighted by Gasteiger charge is 2.21. The predicted molar refractivity (Wildman–Crippen MR) is 86.7 cm³/mol. The number of para-hydroxylation sites is 2. The van der Waals surface area contributed by atoms with Gasteiger partial charge in [-0.1, -0.05) is 30.3 Å². The number of carboxylic acids is 1. The molecule has 6 nitrogen and oxygen atoms in total. The number of carbonyl (C=O) groups is 2. The van der Waals surface area contributed by atoms with E-state index < -0.39 is 11.9 Å². The normalized spacial score (nSPS) is 10.4. The average Bonchev–Trinajstić information content (AvgIpc) is 2.92. The molecule has 3 N–H and O–H groups in total.